The molecule has 0 atom stereocenters. The molecule has 0 saturated carbocycles. The Labute approximate surface area is 176 Å². The molecule has 0 radical (unpaired) electrons. The van der Waals surface area contributed by atoms with Crippen LogP contribution in [0.15, 0.2) is 24.3 Å². The first-order valence-corrected chi connectivity index (χ1v) is 10.1. The normalized spacial score (nSPS) is 11.4. The lowest BCUT2D eigenvalue weighted by atomic mass is 9.98. The molecule has 2 aromatic rings. The largest absolute Gasteiger partial charge is 0.465 e. The van der Waals surface area contributed by atoms with E-state index in [2.05, 4.69) is 10.3 Å². The lowest BCUT2D eigenvalue weighted by Gasteiger charge is -2.20. The number of esters is 2. The molecule has 0 saturated heterocycles. The summed E-state index contributed by atoms with van der Waals surface area (Å²) in [5.41, 5.74) is 1.33. The van der Waals surface area contributed by atoms with Crippen LogP contribution in [0, 0.1) is 0 Å². The molecule has 0 aliphatic rings. The van der Waals surface area contributed by atoms with Crippen LogP contribution in [0.4, 0.5) is 4.79 Å². The van der Waals surface area contributed by atoms with Gasteiger partial charge in [-0.25, -0.2) is 4.79 Å². The van der Waals surface area contributed by atoms with E-state index in [4.69, 9.17) is 14.2 Å². The second-order valence-electron chi connectivity index (χ2n) is 7.68. The van der Waals surface area contributed by atoms with Gasteiger partial charge in [-0.3, -0.25) is 9.59 Å². The van der Waals surface area contributed by atoms with Crippen molar-refractivity contribution in [2.75, 3.05) is 19.8 Å². The van der Waals surface area contributed by atoms with Crippen LogP contribution in [-0.2, 0) is 30.2 Å². The summed E-state index contributed by atoms with van der Waals surface area (Å²) < 4.78 is 15.5. The standard InChI is InChI=1S/C22H30N2O6/c1-6-28-19(25)17(20(26)29-7-2)18-15(14-10-8-9-11-16(14)24-18)12-13-23-21(27)30-22(3,4)5/h8-11,17,24H,6-7,12-13H2,1-5H3,(H,23,27). The summed E-state index contributed by atoms with van der Waals surface area (Å²) in [6, 6.07) is 7.48. The van der Waals surface area contributed by atoms with E-state index in [1.807, 2.05) is 24.3 Å². The smallest absolute Gasteiger partial charge is 0.407 e. The molecule has 0 spiro atoms. The predicted molar refractivity (Wildman–Crippen MR) is 112 cm³/mol. The number of carbonyl (C=O) groups is 3. The van der Waals surface area contributed by atoms with Crippen molar-refractivity contribution in [3.8, 4) is 0 Å². The van der Waals surface area contributed by atoms with Gasteiger partial charge in [0.15, 0.2) is 5.92 Å². The number of hydrogen-bond donors (Lipinski definition) is 2. The number of benzene rings is 1. The fourth-order valence-electron chi connectivity index (χ4n) is 3.12. The van der Waals surface area contributed by atoms with Crippen molar-refractivity contribution >= 4 is 28.9 Å². The summed E-state index contributed by atoms with van der Waals surface area (Å²) in [5.74, 6) is -2.58. The molecule has 0 bridgehead atoms. The third-order valence-corrected chi connectivity index (χ3v) is 4.22. The molecule has 0 unspecified atom stereocenters. The average Bonchev–Trinajstić information content (AvgIpc) is 2.99. The minimum atomic E-state index is -1.23. The van der Waals surface area contributed by atoms with Crippen molar-refractivity contribution in [1.82, 2.24) is 10.3 Å². The summed E-state index contributed by atoms with van der Waals surface area (Å²) in [4.78, 5) is 40.3. The molecule has 1 amide bonds. The van der Waals surface area contributed by atoms with Gasteiger partial charge in [0.1, 0.15) is 5.60 Å². The quantitative estimate of drug-likeness (QED) is 0.386. The highest BCUT2D eigenvalue weighted by molar-refractivity contribution is 6.02. The topological polar surface area (TPSA) is 107 Å². The van der Waals surface area contributed by atoms with E-state index < -0.39 is 29.6 Å². The molecule has 8 nitrogen and oxygen atoms in total. The fourth-order valence-corrected chi connectivity index (χ4v) is 3.12. The van der Waals surface area contributed by atoms with E-state index in [-0.39, 0.29) is 19.8 Å². The molecule has 8 heteroatoms. The molecular formula is C22H30N2O6. The van der Waals surface area contributed by atoms with Crippen LogP contribution in [0.5, 0.6) is 0 Å². The second-order valence-corrected chi connectivity index (χ2v) is 7.68. The van der Waals surface area contributed by atoms with Crippen molar-refractivity contribution in [3.05, 3.63) is 35.5 Å². The molecule has 30 heavy (non-hydrogen) atoms. The van der Waals surface area contributed by atoms with Gasteiger partial charge in [0.05, 0.1) is 13.2 Å². The van der Waals surface area contributed by atoms with E-state index in [1.165, 1.54) is 0 Å². The highest BCUT2D eigenvalue weighted by Crippen LogP contribution is 2.30. The minimum absolute atomic E-state index is 0.143. The summed E-state index contributed by atoms with van der Waals surface area (Å²) in [7, 11) is 0. The number of carbonyl (C=O) groups excluding carboxylic acids is 3. The zero-order valence-electron chi connectivity index (χ0n) is 18.2. The Kier molecular flexibility index (Phi) is 7.86. The Morgan fingerprint density at radius 3 is 2.20 bits per heavy atom. The number of ether oxygens (including phenoxy) is 3. The fraction of sp³-hybridized carbons (Fsp3) is 0.500. The lowest BCUT2D eigenvalue weighted by molar-refractivity contribution is -0.157. The van der Waals surface area contributed by atoms with Crippen LogP contribution < -0.4 is 5.32 Å². The van der Waals surface area contributed by atoms with E-state index >= 15 is 0 Å². The maximum Gasteiger partial charge on any atom is 0.407 e. The first kappa shape index (κ1) is 23.3. The zero-order valence-corrected chi connectivity index (χ0v) is 18.2. The number of nitrogens with one attached hydrogen (secondary N) is 2. The number of para-hydroxylation sites is 1. The molecule has 1 heterocycles. The number of amides is 1. The van der Waals surface area contributed by atoms with Crippen molar-refractivity contribution in [1.29, 1.82) is 0 Å². The second kappa shape index (κ2) is 10.1. The van der Waals surface area contributed by atoms with E-state index in [9.17, 15) is 14.4 Å². The first-order valence-electron chi connectivity index (χ1n) is 10.1. The van der Waals surface area contributed by atoms with Crippen molar-refractivity contribution in [2.24, 2.45) is 0 Å². The number of alkyl carbamates (subject to hydrolysis) is 1. The molecular weight excluding hydrogens is 388 g/mol. The number of fused-ring (bicyclic) bond motifs is 1. The molecule has 2 N–H and O–H groups in total. The number of aromatic amines is 1. The summed E-state index contributed by atoms with van der Waals surface area (Å²) in [6.45, 7) is 9.26. The van der Waals surface area contributed by atoms with Gasteiger partial charge in [0, 0.05) is 23.1 Å². The third kappa shape index (κ3) is 5.98. The Bertz CT molecular complexity index is 879. The minimum Gasteiger partial charge on any atom is -0.465 e. The summed E-state index contributed by atoms with van der Waals surface area (Å²) in [6.07, 6.45) is -0.148. The Hall–Kier alpha value is -3.03. The molecule has 0 aliphatic heterocycles. The van der Waals surface area contributed by atoms with Gasteiger partial charge in [-0.1, -0.05) is 18.2 Å². The number of hydrogen-bond acceptors (Lipinski definition) is 6. The molecule has 0 aliphatic carbocycles. The highest BCUT2D eigenvalue weighted by atomic mass is 16.6. The molecule has 1 aromatic heterocycles. The number of rotatable bonds is 8. The van der Waals surface area contributed by atoms with E-state index in [0.29, 0.717) is 12.1 Å². The maximum atomic E-state index is 12.6. The monoisotopic (exact) mass is 418 g/mol. The summed E-state index contributed by atoms with van der Waals surface area (Å²) in [5, 5.41) is 3.57. The van der Waals surface area contributed by atoms with Crippen molar-refractivity contribution in [2.45, 2.75) is 52.6 Å². The lowest BCUT2D eigenvalue weighted by Crippen LogP contribution is -2.34. The van der Waals surface area contributed by atoms with E-state index in [1.54, 1.807) is 34.6 Å². The van der Waals surface area contributed by atoms with E-state index in [0.717, 1.165) is 16.5 Å². The molecule has 1 aromatic carbocycles. The van der Waals surface area contributed by atoms with Crippen LogP contribution in [0.2, 0.25) is 0 Å². The summed E-state index contributed by atoms with van der Waals surface area (Å²) >= 11 is 0. The van der Waals surface area contributed by atoms with Gasteiger partial charge in [0.2, 0.25) is 0 Å². The van der Waals surface area contributed by atoms with Crippen LogP contribution in [0.1, 0.15) is 51.8 Å². The number of aromatic nitrogens is 1. The van der Waals surface area contributed by atoms with Gasteiger partial charge in [0.25, 0.3) is 0 Å². The average molecular weight is 418 g/mol. The molecule has 164 valence electrons. The van der Waals surface area contributed by atoms with Crippen LogP contribution in [0.3, 0.4) is 0 Å². The van der Waals surface area contributed by atoms with Gasteiger partial charge >= 0.3 is 18.0 Å². The van der Waals surface area contributed by atoms with Crippen LogP contribution in [0.25, 0.3) is 10.9 Å². The van der Waals surface area contributed by atoms with Crippen LogP contribution >= 0.6 is 0 Å². The van der Waals surface area contributed by atoms with Gasteiger partial charge < -0.3 is 24.5 Å². The van der Waals surface area contributed by atoms with Crippen molar-refractivity contribution < 1.29 is 28.6 Å². The predicted octanol–water partition coefficient (Wildman–Crippen LogP) is 3.44. The maximum absolute atomic E-state index is 12.6. The Morgan fingerprint density at radius 1 is 1.03 bits per heavy atom. The zero-order chi connectivity index (χ0) is 22.3. The van der Waals surface area contributed by atoms with Gasteiger partial charge in [-0.05, 0) is 52.7 Å². The first-order chi connectivity index (χ1) is 14.2. The molecule has 0 fully saturated rings. The SMILES string of the molecule is CCOC(=O)C(C(=O)OCC)c1[nH]c2ccccc2c1CCNC(=O)OC(C)(C)C. The van der Waals surface area contributed by atoms with Crippen molar-refractivity contribution in [3.63, 3.8) is 0 Å². The third-order valence-electron chi connectivity index (χ3n) is 4.22. The van der Waals surface area contributed by atoms with Crippen LogP contribution in [-0.4, -0.2) is 48.4 Å². The molecule has 2 rings (SSSR count). The number of H-pyrrole nitrogens is 1. The van der Waals surface area contributed by atoms with Gasteiger partial charge in [-0.2, -0.15) is 0 Å². The highest BCUT2D eigenvalue weighted by Gasteiger charge is 2.35. The Morgan fingerprint density at radius 2 is 1.63 bits per heavy atom. The van der Waals surface area contributed by atoms with Gasteiger partial charge in [-0.15, -0.1) is 0 Å². The Balaban J connectivity index is 2.35.